The normalized spacial score (nSPS) is 10.9. The maximum Gasteiger partial charge on any atom is 0.248 e. The van der Waals surface area contributed by atoms with Crippen molar-refractivity contribution >= 4 is 57.5 Å². The number of aromatic nitrogens is 2. The van der Waals surface area contributed by atoms with E-state index < -0.39 is 0 Å². The highest BCUT2D eigenvalue weighted by Crippen LogP contribution is 2.29. The minimum Gasteiger partial charge on any atom is -0.323 e. The van der Waals surface area contributed by atoms with Gasteiger partial charge in [-0.15, -0.1) is 23.1 Å². The monoisotopic (exact) mass is 486 g/mol. The van der Waals surface area contributed by atoms with E-state index in [2.05, 4.69) is 15.3 Å². The first kappa shape index (κ1) is 23.4. The quantitative estimate of drug-likeness (QED) is 0.238. The smallest absolute Gasteiger partial charge is 0.248 e. The van der Waals surface area contributed by atoms with E-state index in [-0.39, 0.29) is 11.8 Å². The zero-order chi connectivity index (χ0) is 23.8. The third kappa shape index (κ3) is 6.40. The molecule has 0 saturated carbocycles. The summed E-state index contributed by atoms with van der Waals surface area (Å²) in [6.07, 6.45) is 6.69. The van der Waals surface area contributed by atoms with Crippen molar-refractivity contribution in [2.45, 2.75) is 17.6 Å². The van der Waals surface area contributed by atoms with E-state index in [0.717, 1.165) is 21.9 Å². The molecule has 6 nitrogen and oxygen atoms in total. The Balaban J connectivity index is 1.33. The van der Waals surface area contributed by atoms with Gasteiger partial charge in [0.2, 0.25) is 11.8 Å². The van der Waals surface area contributed by atoms with Crippen molar-refractivity contribution in [1.82, 2.24) is 9.97 Å². The number of pyridine rings is 1. The summed E-state index contributed by atoms with van der Waals surface area (Å²) >= 11 is 3.06. The summed E-state index contributed by atoms with van der Waals surface area (Å²) in [6.45, 7) is 1.50. The number of nitrogens with one attached hydrogen (secondary N) is 1. The Morgan fingerprint density at radius 1 is 1.06 bits per heavy atom. The predicted molar refractivity (Wildman–Crippen MR) is 139 cm³/mol. The van der Waals surface area contributed by atoms with Crippen LogP contribution >= 0.6 is 23.1 Å². The fourth-order valence-corrected chi connectivity index (χ4v) is 4.78. The van der Waals surface area contributed by atoms with Gasteiger partial charge in [0.25, 0.3) is 0 Å². The van der Waals surface area contributed by atoms with E-state index in [9.17, 15) is 9.59 Å². The fraction of sp³-hybridized carbons (Fsp3) is 0.0769. The van der Waals surface area contributed by atoms with Crippen LogP contribution in [0.4, 0.5) is 16.5 Å². The lowest BCUT2D eigenvalue weighted by Gasteiger charge is -2.17. The van der Waals surface area contributed by atoms with Gasteiger partial charge in [-0.1, -0.05) is 24.3 Å². The summed E-state index contributed by atoms with van der Waals surface area (Å²) < 4.78 is 0. The number of thiazole rings is 1. The van der Waals surface area contributed by atoms with Crippen LogP contribution in [0.2, 0.25) is 0 Å². The lowest BCUT2D eigenvalue weighted by Crippen LogP contribution is -2.22. The third-order valence-corrected chi connectivity index (χ3v) is 6.61. The molecule has 4 aromatic rings. The van der Waals surface area contributed by atoms with Gasteiger partial charge in [-0.25, -0.2) is 4.98 Å². The predicted octanol–water partition coefficient (Wildman–Crippen LogP) is 6.17. The van der Waals surface area contributed by atoms with Gasteiger partial charge in [-0.2, -0.15) is 0 Å². The summed E-state index contributed by atoms with van der Waals surface area (Å²) in [5.74, 6) is 0.455. The molecule has 0 atom stereocenters. The lowest BCUT2D eigenvalue weighted by molar-refractivity contribution is -0.116. The molecule has 1 N–H and O–H groups in total. The molecule has 0 aliphatic rings. The van der Waals surface area contributed by atoms with Crippen LogP contribution in [0.25, 0.3) is 6.08 Å². The average molecular weight is 487 g/mol. The van der Waals surface area contributed by atoms with Crippen molar-refractivity contribution in [2.75, 3.05) is 10.2 Å². The molecule has 0 aliphatic heterocycles. The third-order valence-electron chi connectivity index (χ3n) is 4.69. The Labute approximate surface area is 206 Å². The zero-order valence-corrected chi connectivity index (χ0v) is 20.1. The van der Waals surface area contributed by atoms with E-state index >= 15 is 0 Å². The Morgan fingerprint density at radius 3 is 2.56 bits per heavy atom. The summed E-state index contributed by atoms with van der Waals surface area (Å²) in [5.41, 5.74) is 3.24. The number of amides is 2. The van der Waals surface area contributed by atoms with Crippen molar-refractivity contribution in [3.05, 3.63) is 102 Å². The van der Waals surface area contributed by atoms with Crippen LogP contribution in [0.15, 0.2) is 95.5 Å². The van der Waals surface area contributed by atoms with Crippen molar-refractivity contribution < 1.29 is 9.59 Å². The molecule has 170 valence electrons. The van der Waals surface area contributed by atoms with Gasteiger partial charge in [0.05, 0.1) is 11.4 Å². The number of hydrogen-bond acceptors (Lipinski definition) is 6. The second-order valence-electron chi connectivity index (χ2n) is 7.24. The number of para-hydroxylation sites is 1. The first-order valence-electron chi connectivity index (χ1n) is 10.5. The number of hydrogen-bond donors (Lipinski definition) is 1. The largest absolute Gasteiger partial charge is 0.323 e. The molecule has 0 aliphatic carbocycles. The molecule has 2 heterocycles. The molecule has 4 rings (SSSR count). The fourth-order valence-electron chi connectivity index (χ4n) is 3.09. The molecule has 0 radical (unpaired) electrons. The molecule has 0 unspecified atom stereocenters. The Hall–Kier alpha value is -3.75. The van der Waals surface area contributed by atoms with Crippen molar-refractivity contribution in [3.8, 4) is 0 Å². The van der Waals surface area contributed by atoms with E-state index in [4.69, 9.17) is 0 Å². The second-order valence-corrected chi connectivity index (χ2v) is 9.13. The first-order valence-corrected chi connectivity index (χ1v) is 12.4. The second kappa shape index (κ2) is 11.4. The summed E-state index contributed by atoms with van der Waals surface area (Å²) in [6, 6.07) is 21.0. The van der Waals surface area contributed by atoms with Crippen molar-refractivity contribution in [2.24, 2.45) is 0 Å². The van der Waals surface area contributed by atoms with E-state index in [0.29, 0.717) is 16.5 Å². The van der Waals surface area contributed by atoms with Gasteiger partial charge in [0.15, 0.2) is 5.13 Å². The van der Waals surface area contributed by atoms with Crippen LogP contribution in [0.5, 0.6) is 0 Å². The van der Waals surface area contributed by atoms with Crippen LogP contribution in [0.1, 0.15) is 18.2 Å². The number of nitrogens with zero attached hydrogens (tertiary/aromatic N) is 3. The van der Waals surface area contributed by atoms with Crippen molar-refractivity contribution in [3.63, 3.8) is 0 Å². The summed E-state index contributed by atoms with van der Waals surface area (Å²) in [5, 5.41) is 5.22. The van der Waals surface area contributed by atoms with Gasteiger partial charge < -0.3 is 5.32 Å². The molecule has 0 fully saturated rings. The van der Waals surface area contributed by atoms with Crippen LogP contribution in [-0.4, -0.2) is 21.8 Å². The SMILES string of the molecule is CC(=O)N(c1ccccc1)c1nc(/C=C/C(=O)Nc2ccc(SCc3cccnc3)cc2)cs1. The molecule has 0 spiro atoms. The van der Waals surface area contributed by atoms with Crippen molar-refractivity contribution in [1.29, 1.82) is 0 Å². The Morgan fingerprint density at radius 2 is 1.85 bits per heavy atom. The number of rotatable bonds is 8. The first-order chi connectivity index (χ1) is 16.6. The molecule has 8 heteroatoms. The van der Waals surface area contributed by atoms with E-state index in [1.807, 2.05) is 78.3 Å². The Bertz CT molecular complexity index is 1270. The maximum absolute atomic E-state index is 12.4. The topological polar surface area (TPSA) is 75.2 Å². The molecule has 2 aromatic carbocycles. The van der Waals surface area contributed by atoms with Crippen LogP contribution in [0.3, 0.4) is 0 Å². The average Bonchev–Trinajstić information content (AvgIpc) is 3.32. The zero-order valence-electron chi connectivity index (χ0n) is 18.4. The van der Waals surface area contributed by atoms with Gasteiger partial charge in [-0.05, 0) is 54.1 Å². The highest BCUT2D eigenvalue weighted by molar-refractivity contribution is 7.98. The standard InChI is InChI=1S/C26H22N4O2S2/c1-19(31)30(23-7-3-2-4-8-23)26-29-22(18-34-26)11-14-25(32)28-21-9-12-24(13-10-21)33-17-20-6-5-15-27-16-20/h2-16,18H,17H2,1H3,(H,28,32)/b14-11+. The van der Waals surface area contributed by atoms with Gasteiger partial charge in [0.1, 0.15) is 0 Å². The number of carbonyl (C=O) groups excluding carboxylic acids is 2. The van der Waals surface area contributed by atoms with Crippen LogP contribution in [0, 0.1) is 0 Å². The highest BCUT2D eigenvalue weighted by Gasteiger charge is 2.17. The molecule has 2 amide bonds. The van der Waals surface area contributed by atoms with Crippen LogP contribution < -0.4 is 10.2 Å². The van der Waals surface area contributed by atoms with Crippen LogP contribution in [-0.2, 0) is 15.3 Å². The lowest BCUT2D eigenvalue weighted by atomic mass is 10.3. The molecule has 0 bridgehead atoms. The minimum atomic E-state index is -0.253. The molecule has 34 heavy (non-hydrogen) atoms. The van der Waals surface area contributed by atoms with E-state index in [1.165, 1.54) is 24.3 Å². The molecular formula is C26H22N4O2S2. The Kier molecular flexibility index (Phi) is 7.85. The van der Waals surface area contributed by atoms with E-state index in [1.54, 1.807) is 28.9 Å². The number of carbonyl (C=O) groups is 2. The van der Waals surface area contributed by atoms with Gasteiger partial charge in [-0.3, -0.25) is 19.5 Å². The summed E-state index contributed by atoms with van der Waals surface area (Å²) in [7, 11) is 0. The minimum absolute atomic E-state index is 0.129. The number of benzene rings is 2. The molecular weight excluding hydrogens is 464 g/mol. The molecule has 2 aromatic heterocycles. The van der Waals surface area contributed by atoms with Gasteiger partial charge >= 0.3 is 0 Å². The number of anilines is 3. The van der Waals surface area contributed by atoms with Gasteiger partial charge in [0, 0.05) is 47.1 Å². The highest BCUT2D eigenvalue weighted by atomic mass is 32.2. The summed E-state index contributed by atoms with van der Waals surface area (Å²) in [4.78, 5) is 35.8. The maximum atomic E-state index is 12.4. The molecule has 0 saturated heterocycles. The number of thioether (sulfide) groups is 1.